The van der Waals surface area contributed by atoms with Gasteiger partial charge in [0, 0.05) is 25.0 Å². The lowest BCUT2D eigenvalue weighted by atomic mass is 10.2. The van der Waals surface area contributed by atoms with Crippen LogP contribution in [0.25, 0.3) is 0 Å². The summed E-state index contributed by atoms with van der Waals surface area (Å²) in [5.74, 6) is 0.881. The summed E-state index contributed by atoms with van der Waals surface area (Å²) >= 11 is 0. The fourth-order valence-corrected chi connectivity index (χ4v) is 2.39. The minimum Gasteiger partial charge on any atom is -0.546 e. The Morgan fingerprint density at radius 1 is 1.21 bits per heavy atom. The van der Waals surface area contributed by atoms with Gasteiger partial charge in [0.2, 0.25) is 9.04 Å². The van der Waals surface area contributed by atoms with Crippen molar-refractivity contribution in [2.45, 2.75) is 19.5 Å². The predicted molar refractivity (Wildman–Crippen MR) is 82.0 cm³/mol. The highest BCUT2D eigenvalue weighted by Gasteiger charge is 2.03. The van der Waals surface area contributed by atoms with E-state index in [4.69, 9.17) is 4.43 Å². The molecule has 1 heterocycles. The van der Waals surface area contributed by atoms with Crippen molar-refractivity contribution in [2.75, 3.05) is 0 Å². The number of hydrogen-bond donors (Lipinski definition) is 0. The highest BCUT2D eigenvalue weighted by Crippen LogP contribution is 2.27. The van der Waals surface area contributed by atoms with Gasteiger partial charge in [-0.1, -0.05) is 18.2 Å². The maximum absolute atomic E-state index is 5.86. The Kier molecular flexibility index (Phi) is 4.86. The molecule has 2 aromatic rings. The van der Waals surface area contributed by atoms with E-state index in [-0.39, 0.29) is 0 Å². The first kappa shape index (κ1) is 13.5. The number of benzene rings is 1. The third kappa shape index (κ3) is 4.33. The van der Waals surface area contributed by atoms with Gasteiger partial charge in [0.15, 0.2) is 0 Å². The molecule has 0 aliphatic carbocycles. The van der Waals surface area contributed by atoms with E-state index in [1.54, 1.807) is 6.20 Å². The Bertz CT molecular complexity index is 541. The van der Waals surface area contributed by atoms with Crippen molar-refractivity contribution >= 4 is 20.9 Å². The minimum atomic E-state index is -1.10. The molecule has 0 aliphatic heterocycles. The average molecular weight is 270 g/mol. The van der Waals surface area contributed by atoms with E-state index in [9.17, 15) is 0 Å². The second kappa shape index (κ2) is 6.85. The van der Waals surface area contributed by atoms with E-state index >= 15 is 0 Å². The van der Waals surface area contributed by atoms with Crippen LogP contribution in [0.15, 0.2) is 53.8 Å². The number of rotatable bonds is 5. The summed E-state index contributed by atoms with van der Waals surface area (Å²) in [7, 11) is -1.10. The van der Waals surface area contributed by atoms with E-state index in [0.717, 1.165) is 23.4 Å². The van der Waals surface area contributed by atoms with E-state index in [1.165, 1.54) is 0 Å². The van der Waals surface area contributed by atoms with Crippen LogP contribution in [0.2, 0.25) is 13.1 Å². The molecule has 0 N–H and O–H groups in total. The second-order valence-corrected chi connectivity index (χ2v) is 6.84. The Labute approximate surface area is 115 Å². The summed E-state index contributed by atoms with van der Waals surface area (Å²) in [6.07, 6.45) is 6.31. The quantitative estimate of drug-likeness (QED) is 0.616. The lowest BCUT2D eigenvalue weighted by Crippen LogP contribution is -2.11. The highest BCUT2D eigenvalue weighted by atomic mass is 28.3. The zero-order valence-electron chi connectivity index (χ0n) is 11.3. The predicted octanol–water partition coefficient (Wildman–Crippen LogP) is 3.39. The van der Waals surface area contributed by atoms with Crippen LogP contribution in [0.4, 0.5) is 5.69 Å². The van der Waals surface area contributed by atoms with Crippen molar-refractivity contribution in [3.63, 3.8) is 0 Å². The number of nitrogens with zero attached hydrogens (tertiary/aromatic N) is 2. The van der Waals surface area contributed by atoms with Crippen LogP contribution in [0, 0.1) is 0 Å². The highest BCUT2D eigenvalue weighted by molar-refractivity contribution is 6.49. The Balaban J connectivity index is 2.06. The summed E-state index contributed by atoms with van der Waals surface area (Å²) in [5, 5.41) is 0. The van der Waals surface area contributed by atoms with Crippen LogP contribution in [0.1, 0.15) is 5.56 Å². The zero-order chi connectivity index (χ0) is 13.5. The van der Waals surface area contributed by atoms with Crippen molar-refractivity contribution in [1.29, 1.82) is 0 Å². The minimum absolute atomic E-state index is 0.779. The molecule has 1 aromatic heterocycles. The van der Waals surface area contributed by atoms with Crippen LogP contribution in [0.3, 0.4) is 0 Å². The lowest BCUT2D eigenvalue weighted by molar-refractivity contribution is 0.582. The molecule has 0 radical (unpaired) electrons. The smallest absolute Gasteiger partial charge is 0.229 e. The molecule has 0 saturated heterocycles. The topological polar surface area (TPSA) is 34.5 Å². The monoisotopic (exact) mass is 270 g/mol. The molecule has 4 heteroatoms. The molecule has 0 unspecified atom stereocenters. The molecular formula is C15H18N2OSi. The van der Waals surface area contributed by atoms with Gasteiger partial charge in [-0.05, 0) is 36.9 Å². The number of aliphatic imine (C=N–C) groups is 1. The zero-order valence-corrected chi connectivity index (χ0v) is 12.4. The van der Waals surface area contributed by atoms with E-state index in [0.29, 0.717) is 0 Å². The molecule has 1 aromatic carbocycles. The largest absolute Gasteiger partial charge is 0.546 e. The number of aromatic nitrogens is 1. The molecule has 2 rings (SSSR count). The summed E-state index contributed by atoms with van der Waals surface area (Å²) in [5.41, 5.74) is 2.05. The summed E-state index contributed by atoms with van der Waals surface area (Å²) < 4.78 is 5.86. The van der Waals surface area contributed by atoms with Gasteiger partial charge in [0.05, 0.1) is 0 Å². The van der Waals surface area contributed by atoms with Gasteiger partial charge in [0.1, 0.15) is 11.4 Å². The van der Waals surface area contributed by atoms with Gasteiger partial charge in [-0.15, -0.1) is 0 Å². The maximum Gasteiger partial charge on any atom is 0.229 e. The van der Waals surface area contributed by atoms with Crippen molar-refractivity contribution in [2.24, 2.45) is 4.99 Å². The third-order valence-electron chi connectivity index (χ3n) is 2.51. The second-order valence-electron chi connectivity index (χ2n) is 4.51. The first-order chi connectivity index (χ1) is 9.25. The Hall–Kier alpha value is -1.94. The van der Waals surface area contributed by atoms with Crippen LogP contribution in [0.5, 0.6) is 5.75 Å². The molecule has 3 nitrogen and oxygen atoms in total. The third-order valence-corrected chi connectivity index (χ3v) is 3.23. The molecular weight excluding hydrogens is 252 g/mol. The van der Waals surface area contributed by atoms with Gasteiger partial charge >= 0.3 is 0 Å². The summed E-state index contributed by atoms with van der Waals surface area (Å²) in [6.45, 7) is 4.30. The van der Waals surface area contributed by atoms with E-state index < -0.39 is 9.04 Å². The molecule has 0 bridgehead atoms. The lowest BCUT2D eigenvalue weighted by Gasteiger charge is -2.11. The van der Waals surface area contributed by atoms with Crippen LogP contribution in [-0.4, -0.2) is 20.2 Å². The van der Waals surface area contributed by atoms with Crippen LogP contribution in [-0.2, 0) is 6.42 Å². The van der Waals surface area contributed by atoms with Crippen LogP contribution >= 0.6 is 0 Å². The molecule has 0 fully saturated rings. The Morgan fingerprint density at radius 3 is 2.79 bits per heavy atom. The molecule has 0 aliphatic rings. The number of para-hydroxylation sites is 2. The fourth-order valence-electron chi connectivity index (χ4n) is 1.69. The van der Waals surface area contributed by atoms with Gasteiger partial charge < -0.3 is 4.43 Å². The van der Waals surface area contributed by atoms with Crippen LogP contribution < -0.4 is 4.43 Å². The number of pyridine rings is 1. The first-order valence-corrected chi connectivity index (χ1v) is 9.21. The Morgan fingerprint density at radius 2 is 2.05 bits per heavy atom. The average Bonchev–Trinajstić information content (AvgIpc) is 2.41. The number of hydrogen-bond acceptors (Lipinski definition) is 3. The van der Waals surface area contributed by atoms with Crippen molar-refractivity contribution < 1.29 is 4.43 Å². The standard InChI is InChI=1S/C15H18N2OSi/c1-19(2)18-15-8-4-3-7-14(15)17-11-9-13-6-5-10-16-12-13/h3-8,10-12,19H,9H2,1-2H3. The molecule has 0 atom stereocenters. The van der Waals surface area contributed by atoms with Gasteiger partial charge in [-0.25, -0.2) is 0 Å². The van der Waals surface area contributed by atoms with E-state index in [1.807, 2.05) is 48.8 Å². The molecule has 19 heavy (non-hydrogen) atoms. The van der Waals surface area contributed by atoms with E-state index in [2.05, 4.69) is 23.1 Å². The summed E-state index contributed by atoms with van der Waals surface area (Å²) in [6, 6.07) is 11.9. The fraction of sp³-hybridized carbons (Fsp3) is 0.200. The van der Waals surface area contributed by atoms with Crippen molar-refractivity contribution in [1.82, 2.24) is 4.98 Å². The van der Waals surface area contributed by atoms with Gasteiger partial charge in [0.25, 0.3) is 0 Å². The normalized spacial score (nSPS) is 11.1. The summed E-state index contributed by atoms with van der Waals surface area (Å²) in [4.78, 5) is 8.59. The molecule has 0 amide bonds. The molecule has 0 saturated carbocycles. The first-order valence-electron chi connectivity index (χ1n) is 6.43. The van der Waals surface area contributed by atoms with Crippen molar-refractivity contribution in [3.05, 3.63) is 54.4 Å². The van der Waals surface area contributed by atoms with Crippen molar-refractivity contribution in [3.8, 4) is 5.75 Å². The SMILES string of the molecule is C[SiH](C)Oc1ccccc1N=CCc1cccnc1. The molecule has 98 valence electrons. The van der Waals surface area contributed by atoms with Gasteiger partial charge in [-0.3, -0.25) is 9.98 Å². The van der Waals surface area contributed by atoms with Gasteiger partial charge in [-0.2, -0.15) is 0 Å². The maximum atomic E-state index is 5.86. The molecule has 0 spiro atoms.